The number of allylic oxidation sites excluding steroid dienone is 2. The summed E-state index contributed by atoms with van der Waals surface area (Å²) in [6, 6.07) is 7.63. The maximum Gasteiger partial charge on any atom is 0.185 e. The molecular formula is C17H14N2O. The summed E-state index contributed by atoms with van der Waals surface area (Å²) in [6.07, 6.45) is 12.5. The van der Waals surface area contributed by atoms with E-state index in [2.05, 4.69) is 9.97 Å². The highest BCUT2D eigenvalue weighted by Crippen LogP contribution is 2.29. The van der Waals surface area contributed by atoms with Crippen LogP contribution in [-0.2, 0) is 4.79 Å². The maximum atomic E-state index is 12.3. The lowest BCUT2D eigenvalue weighted by molar-refractivity contribution is -0.111. The molecule has 0 aromatic carbocycles. The number of aromatic nitrogens is 2. The number of pyridine rings is 2. The SMILES string of the molecule is O=C1C(=Cc2ccncc2)CC/C1=C\c1ccncc1. The second-order valence-electron chi connectivity index (χ2n) is 4.73. The van der Waals surface area contributed by atoms with Crippen LogP contribution in [0, 0.1) is 0 Å². The molecule has 0 unspecified atom stereocenters. The normalized spacial score (nSPS) is 18.9. The van der Waals surface area contributed by atoms with Crippen LogP contribution in [-0.4, -0.2) is 15.8 Å². The quantitative estimate of drug-likeness (QED) is 0.780. The average molecular weight is 262 g/mol. The van der Waals surface area contributed by atoms with Gasteiger partial charge in [0, 0.05) is 35.9 Å². The van der Waals surface area contributed by atoms with Crippen molar-refractivity contribution in [1.82, 2.24) is 9.97 Å². The summed E-state index contributed by atoms with van der Waals surface area (Å²) in [4.78, 5) is 20.3. The van der Waals surface area contributed by atoms with Crippen molar-refractivity contribution in [2.24, 2.45) is 0 Å². The van der Waals surface area contributed by atoms with Crippen LogP contribution in [0.5, 0.6) is 0 Å². The van der Waals surface area contributed by atoms with Crippen molar-refractivity contribution in [3.63, 3.8) is 0 Å². The van der Waals surface area contributed by atoms with Crippen LogP contribution in [0.25, 0.3) is 12.2 Å². The van der Waals surface area contributed by atoms with Gasteiger partial charge in [-0.1, -0.05) is 0 Å². The third kappa shape index (κ3) is 2.72. The largest absolute Gasteiger partial charge is 0.289 e. The number of carbonyl (C=O) groups is 1. The molecule has 0 bridgehead atoms. The van der Waals surface area contributed by atoms with E-state index in [0.29, 0.717) is 0 Å². The number of carbonyl (C=O) groups excluding carboxylic acids is 1. The molecule has 3 rings (SSSR count). The van der Waals surface area contributed by atoms with Gasteiger partial charge in [0.1, 0.15) is 0 Å². The lowest BCUT2D eigenvalue weighted by atomic mass is 10.1. The van der Waals surface area contributed by atoms with Crippen LogP contribution in [0.15, 0.2) is 60.2 Å². The Morgan fingerprint density at radius 3 is 1.55 bits per heavy atom. The Morgan fingerprint density at radius 2 is 1.15 bits per heavy atom. The third-order valence-electron chi connectivity index (χ3n) is 3.34. The number of hydrogen-bond donors (Lipinski definition) is 0. The molecule has 0 saturated heterocycles. The lowest BCUT2D eigenvalue weighted by Crippen LogP contribution is -1.95. The van der Waals surface area contributed by atoms with Crippen LogP contribution < -0.4 is 0 Å². The second kappa shape index (κ2) is 5.61. The fraction of sp³-hybridized carbons (Fsp3) is 0.118. The van der Waals surface area contributed by atoms with E-state index in [4.69, 9.17) is 0 Å². The van der Waals surface area contributed by atoms with Crippen LogP contribution in [0.3, 0.4) is 0 Å². The maximum absolute atomic E-state index is 12.3. The average Bonchev–Trinajstić information content (AvgIpc) is 2.83. The molecule has 0 radical (unpaired) electrons. The highest BCUT2D eigenvalue weighted by atomic mass is 16.1. The van der Waals surface area contributed by atoms with Gasteiger partial charge in [0.2, 0.25) is 0 Å². The van der Waals surface area contributed by atoms with E-state index in [1.54, 1.807) is 24.8 Å². The molecule has 98 valence electrons. The Kier molecular flexibility index (Phi) is 3.50. The molecular weight excluding hydrogens is 248 g/mol. The Morgan fingerprint density at radius 1 is 0.750 bits per heavy atom. The summed E-state index contributed by atoms with van der Waals surface area (Å²) in [7, 11) is 0. The summed E-state index contributed by atoms with van der Waals surface area (Å²) < 4.78 is 0. The number of hydrogen-bond acceptors (Lipinski definition) is 3. The molecule has 2 aromatic rings. The number of nitrogens with zero attached hydrogens (tertiary/aromatic N) is 2. The van der Waals surface area contributed by atoms with Gasteiger partial charge in [-0.25, -0.2) is 0 Å². The molecule has 1 aliphatic carbocycles. The smallest absolute Gasteiger partial charge is 0.185 e. The number of rotatable bonds is 2. The van der Waals surface area contributed by atoms with Crippen LogP contribution >= 0.6 is 0 Å². The van der Waals surface area contributed by atoms with Gasteiger partial charge in [0.05, 0.1) is 0 Å². The van der Waals surface area contributed by atoms with Gasteiger partial charge in [-0.3, -0.25) is 14.8 Å². The molecule has 2 heterocycles. The minimum atomic E-state index is 0.152. The van der Waals surface area contributed by atoms with E-state index in [1.807, 2.05) is 36.4 Å². The molecule has 3 heteroatoms. The summed E-state index contributed by atoms with van der Waals surface area (Å²) >= 11 is 0. The van der Waals surface area contributed by atoms with Crippen molar-refractivity contribution in [2.75, 3.05) is 0 Å². The van der Waals surface area contributed by atoms with Crippen LogP contribution in [0.2, 0.25) is 0 Å². The van der Waals surface area contributed by atoms with Crippen LogP contribution in [0.1, 0.15) is 24.0 Å². The monoisotopic (exact) mass is 262 g/mol. The highest BCUT2D eigenvalue weighted by Gasteiger charge is 2.22. The predicted molar refractivity (Wildman–Crippen MR) is 78.7 cm³/mol. The van der Waals surface area contributed by atoms with E-state index in [-0.39, 0.29) is 5.78 Å². The minimum absolute atomic E-state index is 0.152. The van der Waals surface area contributed by atoms with Crippen molar-refractivity contribution in [3.05, 3.63) is 71.3 Å². The zero-order valence-electron chi connectivity index (χ0n) is 11.0. The number of ketones is 1. The van der Waals surface area contributed by atoms with Crippen LogP contribution in [0.4, 0.5) is 0 Å². The van der Waals surface area contributed by atoms with E-state index in [1.165, 1.54) is 0 Å². The molecule has 0 amide bonds. The fourth-order valence-corrected chi connectivity index (χ4v) is 2.30. The molecule has 0 atom stereocenters. The third-order valence-corrected chi connectivity index (χ3v) is 3.34. The first-order chi connectivity index (χ1) is 9.83. The van der Waals surface area contributed by atoms with Crippen molar-refractivity contribution in [3.8, 4) is 0 Å². The molecule has 2 aromatic heterocycles. The summed E-state index contributed by atoms with van der Waals surface area (Å²) in [5.41, 5.74) is 3.79. The Labute approximate surface area is 117 Å². The van der Waals surface area contributed by atoms with Gasteiger partial charge in [0.25, 0.3) is 0 Å². The van der Waals surface area contributed by atoms with Gasteiger partial charge in [-0.15, -0.1) is 0 Å². The topological polar surface area (TPSA) is 42.9 Å². The summed E-state index contributed by atoms with van der Waals surface area (Å²) in [6.45, 7) is 0. The summed E-state index contributed by atoms with van der Waals surface area (Å²) in [5.74, 6) is 0.152. The molecule has 3 nitrogen and oxygen atoms in total. The Balaban J connectivity index is 1.85. The van der Waals surface area contributed by atoms with E-state index in [9.17, 15) is 4.79 Å². The van der Waals surface area contributed by atoms with E-state index >= 15 is 0 Å². The van der Waals surface area contributed by atoms with Gasteiger partial charge in [-0.2, -0.15) is 0 Å². The first-order valence-electron chi connectivity index (χ1n) is 6.59. The van der Waals surface area contributed by atoms with Crippen molar-refractivity contribution >= 4 is 17.9 Å². The molecule has 0 spiro atoms. The van der Waals surface area contributed by atoms with Gasteiger partial charge in [0.15, 0.2) is 5.78 Å². The molecule has 1 aliphatic rings. The van der Waals surface area contributed by atoms with E-state index in [0.717, 1.165) is 35.1 Å². The highest BCUT2D eigenvalue weighted by molar-refractivity contribution is 6.15. The molecule has 0 aliphatic heterocycles. The molecule has 20 heavy (non-hydrogen) atoms. The van der Waals surface area contributed by atoms with Gasteiger partial charge in [-0.05, 0) is 60.4 Å². The van der Waals surface area contributed by atoms with Gasteiger partial charge >= 0.3 is 0 Å². The number of Topliss-reactive ketones (excluding diaryl/α,β-unsaturated/α-hetero) is 1. The van der Waals surface area contributed by atoms with E-state index < -0.39 is 0 Å². The summed E-state index contributed by atoms with van der Waals surface area (Å²) in [5, 5.41) is 0. The van der Waals surface area contributed by atoms with Crippen molar-refractivity contribution < 1.29 is 4.79 Å². The zero-order chi connectivity index (χ0) is 13.8. The minimum Gasteiger partial charge on any atom is -0.289 e. The first kappa shape index (κ1) is 12.5. The lowest BCUT2D eigenvalue weighted by Gasteiger charge is -1.97. The fourth-order valence-electron chi connectivity index (χ4n) is 2.30. The first-order valence-corrected chi connectivity index (χ1v) is 6.59. The molecule has 0 N–H and O–H groups in total. The second-order valence-corrected chi connectivity index (χ2v) is 4.73. The zero-order valence-corrected chi connectivity index (χ0v) is 11.0. The van der Waals surface area contributed by atoms with Crippen molar-refractivity contribution in [1.29, 1.82) is 0 Å². The Hall–Kier alpha value is -2.55. The molecule has 1 saturated carbocycles. The predicted octanol–water partition coefficient (Wildman–Crippen LogP) is 3.31. The molecule has 1 fully saturated rings. The van der Waals surface area contributed by atoms with Crippen molar-refractivity contribution in [2.45, 2.75) is 12.8 Å². The Bertz CT molecular complexity index is 613. The van der Waals surface area contributed by atoms with Gasteiger partial charge < -0.3 is 0 Å². The standard InChI is InChI=1S/C17H14N2O/c20-17-15(11-13-3-7-18-8-4-13)1-2-16(17)12-14-5-9-19-10-6-14/h3-12H,1-2H2/b15-11+,16-12?.